The lowest BCUT2D eigenvalue weighted by atomic mass is 10.0. The summed E-state index contributed by atoms with van der Waals surface area (Å²) >= 11 is 5.77. The van der Waals surface area contributed by atoms with Crippen molar-refractivity contribution in [3.63, 3.8) is 0 Å². The zero-order valence-corrected chi connectivity index (χ0v) is 16.9. The lowest BCUT2D eigenvalue weighted by Crippen LogP contribution is -2.29. The number of hydrogen-bond acceptors (Lipinski definition) is 3. The van der Waals surface area contributed by atoms with E-state index in [9.17, 15) is 9.18 Å². The van der Waals surface area contributed by atoms with Gasteiger partial charge in [-0.15, -0.1) is 5.10 Å². The van der Waals surface area contributed by atoms with E-state index in [0.29, 0.717) is 6.54 Å². The fraction of sp³-hybridized carbons (Fsp3) is 0.318. The average molecular weight is 413 g/mol. The monoisotopic (exact) mass is 412 g/mol. The topological polar surface area (TPSA) is 59.8 Å². The quantitative estimate of drug-likeness (QED) is 0.649. The van der Waals surface area contributed by atoms with Gasteiger partial charge in [-0.1, -0.05) is 47.1 Å². The number of nitrogens with zero attached hydrogens (tertiary/aromatic N) is 3. The van der Waals surface area contributed by atoms with E-state index in [2.05, 4.69) is 15.6 Å². The molecular weight excluding hydrogens is 391 g/mol. The lowest BCUT2D eigenvalue weighted by molar-refractivity contribution is -0.124. The normalized spacial score (nSPS) is 18.7. The summed E-state index contributed by atoms with van der Waals surface area (Å²) in [6, 6.07) is 12.8. The van der Waals surface area contributed by atoms with Crippen LogP contribution < -0.4 is 5.32 Å². The molecule has 2 atom stereocenters. The predicted octanol–water partition coefficient (Wildman–Crippen LogP) is 4.88. The number of carbonyl (C=O) groups is 1. The highest BCUT2D eigenvalue weighted by Crippen LogP contribution is 2.37. The molecule has 29 heavy (non-hydrogen) atoms. The van der Waals surface area contributed by atoms with Crippen LogP contribution in [0.2, 0.25) is 5.02 Å². The summed E-state index contributed by atoms with van der Waals surface area (Å²) in [4.78, 5) is 12.1. The van der Waals surface area contributed by atoms with E-state index < -0.39 is 5.82 Å². The van der Waals surface area contributed by atoms with Gasteiger partial charge in [0.2, 0.25) is 5.91 Å². The summed E-state index contributed by atoms with van der Waals surface area (Å²) in [5, 5.41) is 11.4. The van der Waals surface area contributed by atoms with E-state index >= 15 is 0 Å². The van der Waals surface area contributed by atoms with E-state index in [1.165, 1.54) is 6.07 Å². The van der Waals surface area contributed by atoms with Gasteiger partial charge in [0, 0.05) is 18.0 Å². The van der Waals surface area contributed by atoms with Crippen molar-refractivity contribution in [3.8, 4) is 22.4 Å². The Hall–Kier alpha value is -2.73. The highest BCUT2D eigenvalue weighted by molar-refractivity contribution is 6.30. The number of rotatable bonds is 5. The fourth-order valence-corrected chi connectivity index (χ4v) is 4.08. The number of carbonyl (C=O) groups excluding carboxylic acids is 1. The van der Waals surface area contributed by atoms with Crippen LogP contribution in [0.3, 0.4) is 0 Å². The van der Waals surface area contributed by atoms with Gasteiger partial charge in [-0.05, 0) is 49.4 Å². The van der Waals surface area contributed by atoms with Crippen LogP contribution in [0.25, 0.3) is 22.4 Å². The molecule has 4 rings (SSSR count). The molecule has 150 valence electrons. The molecule has 2 aromatic carbocycles. The first-order valence-electron chi connectivity index (χ1n) is 9.80. The van der Waals surface area contributed by atoms with Crippen molar-refractivity contribution in [1.29, 1.82) is 0 Å². The summed E-state index contributed by atoms with van der Waals surface area (Å²) in [6.45, 7) is 2.58. The maximum Gasteiger partial charge on any atom is 0.223 e. The Morgan fingerprint density at radius 3 is 2.62 bits per heavy atom. The van der Waals surface area contributed by atoms with Crippen LogP contribution in [0.1, 0.15) is 32.2 Å². The van der Waals surface area contributed by atoms with Gasteiger partial charge in [0.25, 0.3) is 0 Å². The molecule has 1 aliphatic rings. The Balaban J connectivity index is 1.54. The highest BCUT2D eigenvalue weighted by Gasteiger charge is 2.32. The molecule has 0 spiro atoms. The Kier molecular flexibility index (Phi) is 5.62. The van der Waals surface area contributed by atoms with E-state index in [1.54, 1.807) is 18.3 Å². The molecule has 7 heteroatoms. The Morgan fingerprint density at radius 1 is 1.17 bits per heavy atom. The Bertz CT molecular complexity index is 1020. The number of benzene rings is 2. The van der Waals surface area contributed by atoms with Gasteiger partial charge in [0.15, 0.2) is 0 Å². The smallest absolute Gasteiger partial charge is 0.223 e. The molecule has 0 bridgehead atoms. The third kappa shape index (κ3) is 4.03. The van der Waals surface area contributed by atoms with E-state index in [0.717, 1.165) is 41.6 Å². The van der Waals surface area contributed by atoms with Crippen LogP contribution in [0, 0.1) is 11.7 Å². The molecule has 0 aliphatic heterocycles. The van der Waals surface area contributed by atoms with Crippen molar-refractivity contribution < 1.29 is 9.18 Å². The lowest BCUT2D eigenvalue weighted by Gasteiger charge is -2.14. The molecule has 0 radical (unpaired) electrons. The first-order valence-corrected chi connectivity index (χ1v) is 10.2. The second kappa shape index (κ2) is 8.33. The summed E-state index contributed by atoms with van der Waals surface area (Å²) in [5.41, 5.74) is 3.57. The molecule has 1 N–H and O–H groups in total. The number of nitrogens with one attached hydrogen (secondary N) is 1. The van der Waals surface area contributed by atoms with Crippen molar-refractivity contribution >= 4 is 17.5 Å². The van der Waals surface area contributed by atoms with Crippen LogP contribution in [0.5, 0.6) is 0 Å². The fourth-order valence-electron chi connectivity index (χ4n) is 3.97. The van der Waals surface area contributed by atoms with Crippen LogP contribution >= 0.6 is 11.6 Å². The molecule has 1 aliphatic carbocycles. The zero-order valence-electron chi connectivity index (χ0n) is 16.1. The molecule has 1 heterocycles. The van der Waals surface area contributed by atoms with Gasteiger partial charge >= 0.3 is 0 Å². The van der Waals surface area contributed by atoms with E-state index in [4.69, 9.17) is 11.6 Å². The second-order valence-corrected chi connectivity index (χ2v) is 7.74. The molecule has 3 aromatic rings. The predicted molar refractivity (Wildman–Crippen MR) is 111 cm³/mol. The number of aromatic nitrogens is 3. The first-order chi connectivity index (χ1) is 14.1. The number of hydrogen-bond donors (Lipinski definition) is 1. The molecule has 1 saturated carbocycles. The minimum absolute atomic E-state index is 0.0270. The van der Waals surface area contributed by atoms with Gasteiger partial charge in [-0.3, -0.25) is 4.79 Å². The second-order valence-electron chi connectivity index (χ2n) is 7.33. The molecule has 1 aromatic heterocycles. The molecule has 0 unspecified atom stereocenters. The molecular formula is C22H22ClFN4O. The maximum atomic E-state index is 13.7. The van der Waals surface area contributed by atoms with Crippen molar-refractivity contribution in [3.05, 3.63) is 59.5 Å². The summed E-state index contributed by atoms with van der Waals surface area (Å²) in [7, 11) is 0. The van der Waals surface area contributed by atoms with Crippen molar-refractivity contribution in [2.24, 2.45) is 5.92 Å². The van der Waals surface area contributed by atoms with Gasteiger partial charge < -0.3 is 5.32 Å². The SMILES string of the molecule is CCNC(=O)[C@H]1CC[C@@H](n2nncc2-c2ccc(-c3ccc(Cl)c(F)c3)cc2)C1. The van der Waals surface area contributed by atoms with E-state index in [-0.39, 0.29) is 22.9 Å². The van der Waals surface area contributed by atoms with Crippen LogP contribution in [0.15, 0.2) is 48.7 Å². The highest BCUT2D eigenvalue weighted by atomic mass is 35.5. The standard InChI is InChI=1S/C22H22ClFN4O/c1-2-25-22(29)17-7-9-18(11-17)28-21(13-26-27-28)15-5-3-14(4-6-15)16-8-10-19(23)20(24)12-16/h3-6,8,10,12-13,17-18H,2,7,9,11H2,1H3,(H,25,29)/t17-,18+/m0/s1. The van der Waals surface area contributed by atoms with Crippen LogP contribution in [0.4, 0.5) is 4.39 Å². The summed E-state index contributed by atoms with van der Waals surface area (Å²) in [5.74, 6) is -0.284. The average Bonchev–Trinajstić information content (AvgIpc) is 3.40. The van der Waals surface area contributed by atoms with Crippen molar-refractivity contribution in [2.75, 3.05) is 6.54 Å². The molecule has 1 amide bonds. The Morgan fingerprint density at radius 2 is 1.90 bits per heavy atom. The largest absolute Gasteiger partial charge is 0.356 e. The first kappa shape index (κ1) is 19.6. The van der Waals surface area contributed by atoms with Gasteiger partial charge in [-0.2, -0.15) is 0 Å². The summed E-state index contributed by atoms with van der Waals surface area (Å²) in [6.07, 6.45) is 4.28. The van der Waals surface area contributed by atoms with Crippen LogP contribution in [-0.2, 0) is 4.79 Å². The zero-order chi connectivity index (χ0) is 20.4. The minimum atomic E-state index is -0.432. The van der Waals surface area contributed by atoms with Crippen LogP contribution in [-0.4, -0.2) is 27.4 Å². The third-order valence-corrected chi connectivity index (χ3v) is 5.79. The molecule has 5 nitrogen and oxygen atoms in total. The number of halogens is 2. The van der Waals surface area contributed by atoms with Crippen molar-refractivity contribution in [1.82, 2.24) is 20.3 Å². The minimum Gasteiger partial charge on any atom is -0.356 e. The van der Waals surface area contributed by atoms with Gasteiger partial charge in [0.1, 0.15) is 5.82 Å². The van der Waals surface area contributed by atoms with E-state index in [1.807, 2.05) is 35.9 Å². The third-order valence-electron chi connectivity index (χ3n) is 5.48. The molecule has 1 fully saturated rings. The van der Waals surface area contributed by atoms with Gasteiger partial charge in [-0.25, -0.2) is 9.07 Å². The number of amides is 1. The Labute approximate surface area is 173 Å². The summed E-state index contributed by atoms with van der Waals surface area (Å²) < 4.78 is 15.7. The van der Waals surface area contributed by atoms with Crippen molar-refractivity contribution in [2.45, 2.75) is 32.2 Å². The molecule has 0 saturated heterocycles. The maximum absolute atomic E-state index is 13.7. The van der Waals surface area contributed by atoms with Gasteiger partial charge in [0.05, 0.1) is 23.0 Å².